The van der Waals surface area contributed by atoms with Gasteiger partial charge in [-0.05, 0) is 25.1 Å². The van der Waals surface area contributed by atoms with Gasteiger partial charge in [-0.15, -0.1) is 0 Å². The second kappa shape index (κ2) is 3.10. The summed E-state index contributed by atoms with van der Waals surface area (Å²) in [5.74, 6) is 1.34. The molecule has 0 aliphatic carbocycles. The number of nitrogens with one attached hydrogen (secondary N) is 1. The number of benzene rings is 1. The van der Waals surface area contributed by atoms with E-state index in [0.29, 0.717) is 17.3 Å². The van der Waals surface area contributed by atoms with Crippen molar-refractivity contribution in [1.29, 1.82) is 0 Å². The molecular formula is C11H10N4O. The largest absolute Gasteiger partial charge is 0.440 e. The number of hydrogen-bond acceptors (Lipinski definition) is 4. The standard InChI is InChI=1S/C11H10N4O/c1-6-10(16-5-13-6)11-14-8-3-2-7(12)4-9(8)15-11/h2-5H,12H2,1H3,(H,14,15). The highest BCUT2D eigenvalue weighted by atomic mass is 16.3. The highest BCUT2D eigenvalue weighted by molar-refractivity contribution is 5.81. The quantitative estimate of drug-likeness (QED) is 0.608. The van der Waals surface area contributed by atoms with Crippen molar-refractivity contribution in [3.05, 3.63) is 30.3 Å². The van der Waals surface area contributed by atoms with Crippen LogP contribution >= 0.6 is 0 Å². The summed E-state index contributed by atoms with van der Waals surface area (Å²) in [5, 5.41) is 0. The van der Waals surface area contributed by atoms with Gasteiger partial charge in [0.1, 0.15) is 0 Å². The Kier molecular flexibility index (Phi) is 1.73. The molecule has 2 heterocycles. The summed E-state index contributed by atoms with van der Waals surface area (Å²) in [5.41, 5.74) is 8.97. The summed E-state index contributed by atoms with van der Waals surface area (Å²) in [6, 6.07) is 5.54. The van der Waals surface area contributed by atoms with E-state index in [1.807, 2.05) is 25.1 Å². The number of aryl methyl sites for hydroxylation is 1. The topological polar surface area (TPSA) is 80.7 Å². The van der Waals surface area contributed by atoms with Crippen molar-refractivity contribution in [2.24, 2.45) is 0 Å². The smallest absolute Gasteiger partial charge is 0.192 e. The molecule has 5 nitrogen and oxygen atoms in total. The first kappa shape index (κ1) is 8.96. The molecule has 3 rings (SSSR count). The molecule has 0 aliphatic heterocycles. The molecule has 0 fully saturated rings. The van der Waals surface area contributed by atoms with Crippen molar-refractivity contribution in [1.82, 2.24) is 15.0 Å². The number of aromatic nitrogens is 3. The SMILES string of the molecule is Cc1ncoc1-c1nc2ccc(N)cc2[nH]1. The molecule has 2 aromatic heterocycles. The van der Waals surface area contributed by atoms with Crippen molar-refractivity contribution >= 4 is 16.7 Å². The minimum absolute atomic E-state index is 0.662. The third kappa shape index (κ3) is 1.25. The second-order valence-corrected chi connectivity index (χ2v) is 3.63. The summed E-state index contributed by atoms with van der Waals surface area (Å²) < 4.78 is 5.27. The van der Waals surface area contributed by atoms with Crippen LogP contribution in [0.25, 0.3) is 22.6 Å². The van der Waals surface area contributed by atoms with Gasteiger partial charge >= 0.3 is 0 Å². The van der Waals surface area contributed by atoms with Gasteiger partial charge in [0.15, 0.2) is 18.0 Å². The summed E-state index contributed by atoms with van der Waals surface area (Å²) in [6.45, 7) is 1.88. The van der Waals surface area contributed by atoms with Crippen LogP contribution in [0.15, 0.2) is 29.0 Å². The maximum Gasteiger partial charge on any atom is 0.192 e. The first-order valence-electron chi connectivity index (χ1n) is 4.90. The molecule has 0 saturated heterocycles. The number of oxazole rings is 1. The number of H-pyrrole nitrogens is 1. The number of anilines is 1. The molecule has 0 aliphatic rings. The average molecular weight is 214 g/mol. The van der Waals surface area contributed by atoms with E-state index in [4.69, 9.17) is 10.2 Å². The van der Waals surface area contributed by atoms with Crippen LogP contribution in [0.5, 0.6) is 0 Å². The Balaban J connectivity index is 2.23. The van der Waals surface area contributed by atoms with Gasteiger partial charge in [0.25, 0.3) is 0 Å². The Morgan fingerprint density at radius 2 is 2.25 bits per heavy atom. The van der Waals surface area contributed by atoms with Crippen molar-refractivity contribution in [3.8, 4) is 11.6 Å². The Bertz CT molecular complexity index is 653. The summed E-state index contributed by atoms with van der Waals surface area (Å²) in [4.78, 5) is 11.6. The molecule has 0 amide bonds. The molecule has 0 radical (unpaired) electrons. The highest BCUT2D eigenvalue weighted by Crippen LogP contribution is 2.23. The van der Waals surface area contributed by atoms with Gasteiger partial charge in [-0.2, -0.15) is 0 Å². The number of nitrogens with two attached hydrogens (primary N) is 1. The fourth-order valence-electron chi connectivity index (χ4n) is 1.66. The number of nitrogen functional groups attached to an aromatic ring is 1. The van der Waals surface area contributed by atoms with Crippen molar-refractivity contribution < 1.29 is 4.42 Å². The van der Waals surface area contributed by atoms with E-state index in [2.05, 4.69) is 15.0 Å². The molecular weight excluding hydrogens is 204 g/mol. The Hall–Kier alpha value is -2.30. The Morgan fingerprint density at radius 1 is 1.38 bits per heavy atom. The Labute approximate surface area is 91.3 Å². The first-order chi connectivity index (χ1) is 7.74. The van der Waals surface area contributed by atoms with Crippen LogP contribution in [0, 0.1) is 6.92 Å². The molecule has 3 N–H and O–H groups in total. The molecule has 16 heavy (non-hydrogen) atoms. The monoisotopic (exact) mass is 214 g/mol. The lowest BCUT2D eigenvalue weighted by Crippen LogP contribution is -1.82. The number of aromatic amines is 1. The number of hydrogen-bond donors (Lipinski definition) is 2. The molecule has 0 unspecified atom stereocenters. The molecule has 0 spiro atoms. The first-order valence-corrected chi connectivity index (χ1v) is 4.90. The Morgan fingerprint density at radius 3 is 3.00 bits per heavy atom. The van der Waals surface area contributed by atoms with E-state index in [-0.39, 0.29) is 0 Å². The normalized spacial score (nSPS) is 11.1. The van der Waals surface area contributed by atoms with Crippen molar-refractivity contribution in [3.63, 3.8) is 0 Å². The lowest BCUT2D eigenvalue weighted by Gasteiger charge is -1.90. The molecule has 80 valence electrons. The molecule has 5 heteroatoms. The second-order valence-electron chi connectivity index (χ2n) is 3.63. The number of nitrogens with zero attached hydrogens (tertiary/aromatic N) is 2. The van der Waals surface area contributed by atoms with Crippen LogP contribution in [0.3, 0.4) is 0 Å². The van der Waals surface area contributed by atoms with Crippen LogP contribution in [0.4, 0.5) is 5.69 Å². The number of imidazole rings is 1. The zero-order valence-corrected chi connectivity index (χ0v) is 8.69. The van der Waals surface area contributed by atoms with Crippen LogP contribution in [-0.2, 0) is 0 Å². The van der Waals surface area contributed by atoms with Gasteiger partial charge in [0.2, 0.25) is 0 Å². The van der Waals surface area contributed by atoms with Gasteiger partial charge in [0.05, 0.1) is 16.7 Å². The summed E-state index contributed by atoms with van der Waals surface area (Å²) in [7, 11) is 0. The minimum atomic E-state index is 0.662. The molecule has 1 aromatic carbocycles. The van der Waals surface area contributed by atoms with Crippen LogP contribution < -0.4 is 5.73 Å². The molecule has 0 atom stereocenters. The lowest BCUT2D eigenvalue weighted by atomic mass is 10.3. The molecule has 0 saturated carbocycles. The maximum absolute atomic E-state index is 5.70. The van der Waals surface area contributed by atoms with E-state index < -0.39 is 0 Å². The lowest BCUT2D eigenvalue weighted by molar-refractivity contribution is 0.567. The maximum atomic E-state index is 5.70. The van der Waals surface area contributed by atoms with Gasteiger partial charge in [-0.25, -0.2) is 9.97 Å². The predicted molar refractivity (Wildman–Crippen MR) is 60.7 cm³/mol. The fraction of sp³-hybridized carbons (Fsp3) is 0.0909. The van der Waals surface area contributed by atoms with E-state index in [0.717, 1.165) is 16.7 Å². The van der Waals surface area contributed by atoms with Gasteiger partial charge < -0.3 is 15.1 Å². The fourth-order valence-corrected chi connectivity index (χ4v) is 1.66. The van der Waals surface area contributed by atoms with Gasteiger partial charge in [-0.3, -0.25) is 0 Å². The number of rotatable bonds is 1. The number of fused-ring (bicyclic) bond motifs is 1. The molecule has 3 aromatic rings. The minimum Gasteiger partial charge on any atom is -0.440 e. The van der Waals surface area contributed by atoms with Crippen molar-refractivity contribution in [2.75, 3.05) is 5.73 Å². The summed E-state index contributed by atoms with van der Waals surface area (Å²) in [6.07, 6.45) is 1.41. The third-order valence-corrected chi connectivity index (χ3v) is 2.47. The predicted octanol–water partition coefficient (Wildman–Crippen LogP) is 2.11. The summed E-state index contributed by atoms with van der Waals surface area (Å²) >= 11 is 0. The zero-order valence-electron chi connectivity index (χ0n) is 8.69. The van der Waals surface area contributed by atoms with Crippen LogP contribution in [0.1, 0.15) is 5.69 Å². The van der Waals surface area contributed by atoms with E-state index in [9.17, 15) is 0 Å². The molecule has 0 bridgehead atoms. The van der Waals surface area contributed by atoms with E-state index in [1.54, 1.807) is 0 Å². The van der Waals surface area contributed by atoms with Gasteiger partial charge in [0, 0.05) is 5.69 Å². The van der Waals surface area contributed by atoms with E-state index in [1.165, 1.54) is 6.39 Å². The van der Waals surface area contributed by atoms with Gasteiger partial charge in [-0.1, -0.05) is 0 Å². The van der Waals surface area contributed by atoms with Crippen molar-refractivity contribution in [2.45, 2.75) is 6.92 Å². The van der Waals surface area contributed by atoms with Crippen LogP contribution in [-0.4, -0.2) is 15.0 Å². The van der Waals surface area contributed by atoms with E-state index >= 15 is 0 Å². The van der Waals surface area contributed by atoms with Crippen LogP contribution in [0.2, 0.25) is 0 Å². The average Bonchev–Trinajstić information content (AvgIpc) is 2.82. The third-order valence-electron chi connectivity index (χ3n) is 2.47. The highest BCUT2D eigenvalue weighted by Gasteiger charge is 2.11. The zero-order chi connectivity index (χ0) is 11.1.